The second kappa shape index (κ2) is 55.2. The van der Waals surface area contributed by atoms with E-state index in [4.69, 9.17) is 14.2 Å². The molecule has 1 atom stereocenters. The van der Waals surface area contributed by atoms with Gasteiger partial charge in [0.1, 0.15) is 6.61 Å². The highest BCUT2D eigenvalue weighted by atomic mass is 16.6. The largest absolute Gasteiger partial charge is 0.462 e. The monoisotopic (exact) mass is 897 g/mol. The van der Waals surface area contributed by atoms with Crippen molar-refractivity contribution in [1.29, 1.82) is 0 Å². The first-order chi connectivity index (χ1) is 31.6. The number of carbonyl (C=O) groups excluding carboxylic acids is 2. The molecule has 0 aliphatic heterocycles. The van der Waals surface area contributed by atoms with E-state index >= 15 is 0 Å². The molecule has 374 valence electrons. The van der Waals surface area contributed by atoms with Gasteiger partial charge in [-0.25, -0.2) is 0 Å². The van der Waals surface area contributed by atoms with Crippen LogP contribution in [0.1, 0.15) is 290 Å². The summed E-state index contributed by atoms with van der Waals surface area (Å²) in [6, 6.07) is 0. The van der Waals surface area contributed by atoms with Gasteiger partial charge in [-0.15, -0.1) is 0 Å². The maximum atomic E-state index is 12.8. The number of allylic oxidation sites excluding steroid dienone is 8. The van der Waals surface area contributed by atoms with E-state index in [1.807, 2.05) is 0 Å². The van der Waals surface area contributed by atoms with Crippen LogP contribution < -0.4 is 0 Å². The van der Waals surface area contributed by atoms with E-state index in [1.54, 1.807) is 0 Å². The molecular formula is C59H108O5. The Hall–Kier alpha value is -2.14. The number of unbranched alkanes of at least 4 members (excludes halogenated alkanes) is 33. The van der Waals surface area contributed by atoms with Gasteiger partial charge in [-0.1, -0.05) is 243 Å². The maximum Gasteiger partial charge on any atom is 0.306 e. The molecule has 0 aromatic heterocycles. The molecule has 0 rings (SSSR count). The smallest absolute Gasteiger partial charge is 0.306 e. The minimum atomic E-state index is -0.544. The highest BCUT2D eigenvalue weighted by molar-refractivity contribution is 5.70. The molecule has 0 N–H and O–H groups in total. The molecule has 0 amide bonds. The van der Waals surface area contributed by atoms with Crippen molar-refractivity contribution in [2.45, 2.75) is 297 Å². The first-order valence-electron chi connectivity index (χ1n) is 28.2. The molecule has 5 nitrogen and oxygen atoms in total. The second-order valence-electron chi connectivity index (χ2n) is 18.8. The van der Waals surface area contributed by atoms with E-state index in [9.17, 15) is 9.59 Å². The number of carbonyl (C=O) groups is 2. The van der Waals surface area contributed by atoms with Crippen LogP contribution in [0, 0.1) is 0 Å². The summed E-state index contributed by atoms with van der Waals surface area (Å²) in [5.74, 6) is -0.408. The molecule has 0 heterocycles. The summed E-state index contributed by atoms with van der Waals surface area (Å²) in [6.07, 6.45) is 68.3. The summed E-state index contributed by atoms with van der Waals surface area (Å²) in [7, 11) is 0. The van der Waals surface area contributed by atoms with E-state index < -0.39 is 6.10 Å². The molecular weight excluding hydrogens is 789 g/mol. The molecule has 0 aliphatic carbocycles. The SMILES string of the molecule is CCCCC/C=C\C/C=C\CCCCCCCCCC(=O)OCC(COCCCCCCCCCCCCCCCCCC)OC(=O)CCCCCCC/C=C\C/C=C\CCCCC. The second-order valence-corrected chi connectivity index (χ2v) is 18.8. The zero-order chi connectivity index (χ0) is 46.3. The van der Waals surface area contributed by atoms with Crippen molar-refractivity contribution in [2.24, 2.45) is 0 Å². The Labute approximate surface area is 399 Å². The fourth-order valence-corrected chi connectivity index (χ4v) is 8.10. The third kappa shape index (κ3) is 52.5. The Kier molecular flexibility index (Phi) is 53.3. The van der Waals surface area contributed by atoms with Gasteiger partial charge >= 0.3 is 11.9 Å². The highest BCUT2D eigenvalue weighted by Gasteiger charge is 2.17. The predicted octanol–water partition coefficient (Wildman–Crippen LogP) is 19.1. The van der Waals surface area contributed by atoms with Crippen molar-refractivity contribution in [1.82, 2.24) is 0 Å². The number of rotatable bonds is 52. The quantitative estimate of drug-likeness (QED) is 0.0346. The van der Waals surface area contributed by atoms with Crippen LogP contribution in [0.2, 0.25) is 0 Å². The minimum Gasteiger partial charge on any atom is -0.462 e. The Morgan fingerprint density at radius 1 is 0.344 bits per heavy atom. The summed E-state index contributed by atoms with van der Waals surface area (Å²) in [4.78, 5) is 25.5. The van der Waals surface area contributed by atoms with Crippen molar-refractivity contribution in [3.63, 3.8) is 0 Å². The fourth-order valence-electron chi connectivity index (χ4n) is 8.10. The van der Waals surface area contributed by atoms with Crippen molar-refractivity contribution >= 4 is 11.9 Å². The molecule has 1 unspecified atom stereocenters. The van der Waals surface area contributed by atoms with Gasteiger partial charge in [0.15, 0.2) is 6.10 Å². The molecule has 64 heavy (non-hydrogen) atoms. The Morgan fingerprint density at radius 2 is 0.656 bits per heavy atom. The lowest BCUT2D eigenvalue weighted by Crippen LogP contribution is -2.30. The summed E-state index contributed by atoms with van der Waals surface area (Å²) in [6.45, 7) is 7.80. The number of hydrogen-bond acceptors (Lipinski definition) is 5. The van der Waals surface area contributed by atoms with Gasteiger partial charge in [-0.3, -0.25) is 9.59 Å². The average molecular weight is 898 g/mol. The van der Waals surface area contributed by atoms with Gasteiger partial charge in [0.2, 0.25) is 0 Å². The van der Waals surface area contributed by atoms with Gasteiger partial charge in [-0.05, 0) is 83.5 Å². The molecule has 5 heteroatoms. The van der Waals surface area contributed by atoms with Crippen molar-refractivity contribution < 1.29 is 23.8 Å². The fraction of sp³-hybridized carbons (Fsp3) is 0.831. The van der Waals surface area contributed by atoms with Crippen LogP contribution in [0.4, 0.5) is 0 Å². The molecule has 0 radical (unpaired) electrons. The molecule has 0 bridgehead atoms. The van der Waals surface area contributed by atoms with Crippen molar-refractivity contribution in [2.75, 3.05) is 19.8 Å². The zero-order valence-corrected chi connectivity index (χ0v) is 43.1. The van der Waals surface area contributed by atoms with Crippen molar-refractivity contribution in [3.05, 3.63) is 48.6 Å². The van der Waals surface area contributed by atoms with Crippen LogP contribution in [0.5, 0.6) is 0 Å². The molecule has 0 saturated heterocycles. The standard InChI is InChI=1S/C59H108O5/c1-4-7-10-13-16-19-22-25-28-30-32-34-37-40-43-46-49-52-58(60)63-56-57(55-62-54-51-48-45-42-39-36-33-29-26-23-20-17-14-11-8-5-2)64-59(61)53-50-47-44-41-38-35-31-27-24-21-18-15-12-9-6-3/h16,18-19,21,25,27-28,31,57H,4-15,17,20,22-24,26,29-30,32-56H2,1-3H3/b19-16-,21-18-,28-25-,31-27-. The molecule has 0 saturated carbocycles. The molecule has 0 spiro atoms. The third-order valence-corrected chi connectivity index (χ3v) is 12.3. The summed E-state index contributed by atoms with van der Waals surface area (Å²) in [5, 5.41) is 0. The van der Waals surface area contributed by atoms with E-state index in [0.717, 1.165) is 64.2 Å². The molecule has 0 aromatic rings. The lowest BCUT2D eigenvalue weighted by Gasteiger charge is -2.18. The number of hydrogen-bond donors (Lipinski definition) is 0. The molecule has 0 fully saturated rings. The third-order valence-electron chi connectivity index (χ3n) is 12.3. The topological polar surface area (TPSA) is 61.8 Å². The maximum absolute atomic E-state index is 12.8. The van der Waals surface area contributed by atoms with E-state index in [0.29, 0.717) is 19.4 Å². The Bertz CT molecular complexity index is 1060. The first-order valence-corrected chi connectivity index (χ1v) is 28.2. The first kappa shape index (κ1) is 61.9. The van der Waals surface area contributed by atoms with Crippen LogP contribution in [-0.4, -0.2) is 37.9 Å². The van der Waals surface area contributed by atoms with Crippen LogP contribution in [0.15, 0.2) is 48.6 Å². The van der Waals surface area contributed by atoms with Crippen molar-refractivity contribution in [3.8, 4) is 0 Å². The van der Waals surface area contributed by atoms with Crippen LogP contribution in [-0.2, 0) is 23.8 Å². The van der Waals surface area contributed by atoms with E-state index in [-0.39, 0.29) is 25.2 Å². The van der Waals surface area contributed by atoms with Gasteiger partial charge < -0.3 is 14.2 Å². The number of ether oxygens (including phenoxy) is 3. The summed E-state index contributed by atoms with van der Waals surface area (Å²) >= 11 is 0. The normalized spacial score (nSPS) is 12.5. The van der Waals surface area contributed by atoms with Crippen LogP contribution in [0.3, 0.4) is 0 Å². The lowest BCUT2D eigenvalue weighted by molar-refractivity contribution is -0.163. The minimum absolute atomic E-state index is 0.0788. The van der Waals surface area contributed by atoms with E-state index in [2.05, 4.69) is 69.4 Å². The zero-order valence-electron chi connectivity index (χ0n) is 43.1. The summed E-state index contributed by atoms with van der Waals surface area (Å²) in [5.41, 5.74) is 0. The average Bonchev–Trinajstić information content (AvgIpc) is 3.30. The molecule has 0 aromatic carbocycles. The highest BCUT2D eigenvalue weighted by Crippen LogP contribution is 2.16. The van der Waals surface area contributed by atoms with Gasteiger partial charge in [0, 0.05) is 19.4 Å². The van der Waals surface area contributed by atoms with Gasteiger partial charge in [-0.2, -0.15) is 0 Å². The van der Waals surface area contributed by atoms with Crippen LogP contribution >= 0.6 is 0 Å². The Balaban J connectivity index is 4.27. The van der Waals surface area contributed by atoms with E-state index in [1.165, 1.54) is 193 Å². The lowest BCUT2D eigenvalue weighted by atomic mass is 10.0. The Morgan fingerprint density at radius 3 is 1.06 bits per heavy atom. The molecule has 0 aliphatic rings. The van der Waals surface area contributed by atoms with Gasteiger partial charge in [0.25, 0.3) is 0 Å². The number of esters is 2. The summed E-state index contributed by atoms with van der Waals surface area (Å²) < 4.78 is 17.5. The van der Waals surface area contributed by atoms with Crippen LogP contribution in [0.25, 0.3) is 0 Å². The predicted molar refractivity (Wildman–Crippen MR) is 279 cm³/mol. The van der Waals surface area contributed by atoms with Gasteiger partial charge in [0.05, 0.1) is 6.61 Å².